The molecule has 0 radical (unpaired) electrons. The summed E-state index contributed by atoms with van der Waals surface area (Å²) in [5, 5.41) is 10.4. The van der Waals surface area contributed by atoms with Gasteiger partial charge in [-0.25, -0.2) is 0 Å². The van der Waals surface area contributed by atoms with E-state index in [1.54, 1.807) is 19.3 Å². The first-order valence-corrected chi connectivity index (χ1v) is 6.52. The largest absolute Gasteiger partial charge is 0.388 e. The minimum atomic E-state index is -0.888. The van der Waals surface area contributed by atoms with E-state index in [4.69, 9.17) is 10.6 Å². The van der Waals surface area contributed by atoms with Crippen molar-refractivity contribution >= 4 is 11.6 Å². The van der Waals surface area contributed by atoms with Gasteiger partial charge in [0.05, 0.1) is 16.9 Å². The molecular formula is C13H20N4O3. The molecule has 0 aromatic carbocycles. The molecule has 0 unspecified atom stereocenters. The normalized spacial score (nSPS) is 17.6. The Labute approximate surface area is 117 Å². The number of hydrogen-bond donors (Lipinski definition) is 3. The Balaban J connectivity index is 2.08. The van der Waals surface area contributed by atoms with Crippen LogP contribution in [-0.4, -0.2) is 53.3 Å². The molecule has 1 aliphatic heterocycles. The Morgan fingerprint density at radius 1 is 1.60 bits per heavy atom. The van der Waals surface area contributed by atoms with Crippen molar-refractivity contribution in [3.8, 4) is 0 Å². The highest BCUT2D eigenvalue weighted by Gasteiger charge is 2.32. The first kappa shape index (κ1) is 14.7. The van der Waals surface area contributed by atoms with Crippen molar-refractivity contribution in [3.63, 3.8) is 0 Å². The van der Waals surface area contributed by atoms with Crippen molar-refractivity contribution < 1.29 is 14.6 Å². The number of anilines is 1. The molecular weight excluding hydrogens is 260 g/mol. The van der Waals surface area contributed by atoms with Crippen LogP contribution in [0.25, 0.3) is 0 Å². The maximum absolute atomic E-state index is 12.4. The maximum atomic E-state index is 12.4. The fourth-order valence-corrected chi connectivity index (χ4v) is 2.32. The number of nitrogens with zero attached hydrogens (tertiary/aromatic N) is 2. The number of rotatable bonds is 4. The van der Waals surface area contributed by atoms with Crippen molar-refractivity contribution in [1.29, 1.82) is 0 Å². The smallest absolute Gasteiger partial charge is 0.257 e. The lowest BCUT2D eigenvalue weighted by Gasteiger charge is -2.35. The van der Waals surface area contributed by atoms with Gasteiger partial charge in [0.15, 0.2) is 0 Å². The number of ether oxygens (including phenoxy) is 1. The van der Waals surface area contributed by atoms with Crippen molar-refractivity contribution in [2.45, 2.75) is 18.4 Å². The van der Waals surface area contributed by atoms with Gasteiger partial charge in [-0.05, 0) is 6.07 Å². The van der Waals surface area contributed by atoms with Crippen LogP contribution >= 0.6 is 0 Å². The second-order valence-electron chi connectivity index (χ2n) is 5.06. The highest BCUT2D eigenvalue weighted by atomic mass is 16.5. The molecule has 0 spiro atoms. The summed E-state index contributed by atoms with van der Waals surface area (Å²) in [4.78, 5) is 17.8. The summed E-state index contributed by atoms with van der Waals surface area (Å²) in [6.07, 6.45) is 4.07. The fraction of sp³-hybridized carbons (Fsp3) is 0.538. The van der Waals surface area contributed by atoms with E-state index in [0.717, 1.165) is 0 Å². The van der Waals surface area contributed by atoms with E-state index in [1.807, 2.05) is 0 Å². The number of hydrazine groups is 1. The topological polar surface area (TPSA) is 101 Å². The first-order chi connectivity index (χ1) is 9.56. The standard InChI is InChI=1S/C13H20N4O3/c1-17(9-13(19)3-6-20-7-4-13)12(18)10-8-15-5-2-11(10)16-14/h2,5,8,19H,3-4,6-7,9,14H2,1H3,(H,15,16). The predicted molar refractivity (Wildman–Crippen MR) is 74.0 cm³/mol. The lowest BCUT2D eigenvalue weighted by Crippen LogP contribution is -2.47. The monoisotopic (exact) mass is 280 g/mol. The summed E-state index contributed by atoms with van der Waals surface area (Å²) in [6.45, 7) is 1.29. The molecule has 0 bridgehead atoms. The van der Waals surface area contributed by atoms with E-state index < -0.39 is 5.60 Å². The van der Waals surface area contributed by atoms with E-state index in [2.05, 4.69) is 10.4 Å². The van der Waals surface area contributed by atoms with Crippen LogP contribution in [0.5, 0.6) is 0 Å². The lowest BCUT2D eigenvalue weighted by atomic mass is 9.94. The molecule has 1 aromatic rings. The minimum absolute atomic E-state index is 0.231. The number of pyridine rings is 1. The van der Waals surface area contributed by atoms with Crippen LogP contribution in [0.2, 0.25) is 0 Å². The Morgan fingerprint density at radius 3 is 2.95 bits per heavy atom. The van der Waals surface area contributed by atoms with Gasteiger partial charge in [0, 0.05) is 52.0 Å². The third-order valence-corrected chi connectivity index (χ3v) is 3.51. The molecule has 0 atom stereocenters. The number of aliphatic hydroxyl groups is 1. The van der Waals surface area contributed by atoms with Gasteiger partial charge in [0.2, 0.25) is 0 Å². The van der Waals surface area contributed by atoms with Gasteiger partial charge in [-0.3, -0.25) is 15.6 Å². The molecule has 1 aromatic heterocycles. The molecule has 4 N–H and O–H groups in total. The zero-order valence-electron chi connectivity index (χ0n) is 11.5. The molecule has 1 fully saturated rings. The Kier molecular flexibility index (Phi) is 4.53. The molecule has 2 rings (SSSR count). The van der Waals surface area contributed by atoms with Crippen LogP contribution in [-0.2, 0) is 4.74 Å². The first-order valence-electron chi connectivity index (χ1n) is 6.52. The van der Waals surface area contributed by atoms with Crippen LogP contribution < -0.4 is 11.3 Å². The summed E-state index contributed by atoms with van der Waals surface area (Å²) in [7, 11) is 1.66. The predicted octanol–water partition coefficient (Wildman–Crippen LogP) is -0.0193. The van der Waals surface area contributed by atoms with E-state index in [-0.39, 0.29) is 12.5 Å². The summed E-state index contributed by atoms with van der Waals surface area (Å²) in [5.74, 6) is 5.15. The molecule has 1 aliphatic rings. The lowest BCUT2D eigenvalue weighted by molar-refractivity contribution is -0.0734. The van der Waals surface area contributed by atoms with Crippen molar-refractivity contribution in [1.82, 2.24) is 9.88 Å². The van der Waals surface area contributed by atoms with Crippen LogP contribution in [0, 0.1) is 0 Å². The number of nitrogens with one attached hydrogen (secondary N) is 1. The van der Waals surface area contributed by atoms with Crippen molar-refractivity contribution in [2.75, 3.05) is 32.2 Å². The second kappa shape index (κ2) is 6.17. The molecule has 20 heavy (non-hydrogen) atoms. The van der Waals surface area contributed by atoms with Gasteiger partial charge in [-0.2, -0.15) is 0 Å². The zero-order valence-corrected chi connectivity index (χ0v) is 11.5. The van der Waals surface area contributed by atoms with Gasteiger partial charge >= 0.3 is 0 Å². The highest BCUT2D eigenvalue weighted by Crippen LogP contribution is 2.23. The van der Waals surface area contributed by atoms with Crippen LogP contribution in [0.1, 0.15) is 23.2 Å². The van der Waals surface area contributed by atoms with Gasteiger partial charge in [0.25, 0.3) is 5.91 Å². The summed E-state index contributed by atoms with van der Waals surface area (Å²) in [5.41, 5.74) is 2.48. The zero-order chi connectivity index (χ0) is 14.6. The number of carbonyl (C=O) groups excluding carboxylic acids is 1. The number of nitrogen functional groups attached to an aromatic ring is 1. The molecule has 0 aliphatic carbocycles. The van der Waals surface area contributed by atoms with Crippen LogP contribution in [0.15, 0.2) is 18.5 Å². The Bertz CT molecular complexity index is 474. The quantitative estimate of drug-likeness (QED) is 0.529. The number of hydrogen-bond acceptors (Lipinski definition) is 6. The molecule has 1 amide bonds. The molecule has 7 heteroatoms. The second-order valence-corrected chi connectivity index (χ2v) is 5.06. The number of carbonyl (C=O) groups is 1. The molecule has 110 valence electrons. The average Bonchev–Trinajstić information content (AvgIpc) is 2.46. The maximum Gasteiger partial charge on any atom is 0.257 e. The van der Waals surface area contributed by atoms with Gasteiger partial charge in [-0.1, -0.05) is 0 Å². The number of aromatic nitrogens is 1. The average molecular weight is 280 g/mol. The Hall–Kier alpha value is -1.70. The third-order valence-electron chi connectivity index (χ3n) is 3.51. The number of nitrogens with two attached hydrogens (primary N) is 1. The number of likely N-dealkylation sites (N-methyl/N-ethyl adjacent to an activating group) is 1. The van der Waals surface area contributed by atoms with Gasteiger partial charge < -0.3 is 20.2 Å². The molecule has 0 saturated carbocycles. The van der Waals surface area contributed by atoms with Crippen LogP contribution in [0.4, 0.5) is 5.69 Å². The fourth-order valence-electron chi connectivity index (χ4n) is 2.32. The molecule has 7 nitrogen and oxygen atoms in total. The highest BCUT2D eigenvalue weighted by molar-refractivity contribution is 5.99. The summed E-state index contributed by atoms with van der Waals surface area (Å²) < 4.78 is 5.23. The molecule has 2 heterocycles. The van der Waals surface area contributed by atoms with E-state index in [1.165, 1.54) is 11.1 Å². The van der Waals surface area contributed by atoms with E-state index in [9.17, 15) is 9.90 Å². The summed E-state index contributed by atoms with van der Waals surface area (Å²) >= 11 is 0. The third kappa shape index (κ3) is 3.24. The van der Waals surface area contributed by atoms with Gasteiger partial charge in [-0.15, -0.1) is 0 Å². The molecule has 1 saturated heterocycles. The minimum Gasteiger partial charge on any atom is -0.388 e. The van der Waals surface area contributed by atoms with Crippen LogP contribution in [0.3, 0.4) is 0 Å². The summed E-state index contributed by atoms with van der Waals surface area (Å²) in [6, 6.07) is 1.63. The van der Waals surface area contributed by atoms with E-state index >= 15 is 0 Å². The SMILES string of the molecule is CN(CC1(O)CCOCC1)C(=O)c1cnccc1NN. The number of amides is 1. The van der Waals surface area contributed by atoms with Crippen molar-refractivity contribution in [2.24, 2.45) is 5.84 Å². The van der Waals surface area contributed by atoms with Crippen molar-refractivity contribution in [3.05, 3.63) is 24.0 Å². The van der Waals surface area contributed by atoms with Gasteiger partial charge in [0.1, 0.15) is 0 Å². The Morgan fingerprint density at radius 2 is 2.30 bits per heavy atom. The van der Waals surface area contributed by atoms with E-state index in [0.29, 0.717) is 37.3 Å².